The molecular weight excluding hydrogens is 508 g/mol. The number of thioether (sulfide) groups is 1. The first kappa shape index (κ1) is 28.4. The van der Waals surface area contributed by atoms with Crippen molar-refractivity contribution in [2.75, 3.05) is 12.8 Å². The molecule has 1 unspecified atom stereocenters. The van der Waals surface area contributed by atoms with Gasteiger partial charge in [0.25, 0.3) is 5.91 Å². The van der Waals surface area contributed by atoms with Gasteiger partial charge in [-0.05, 0) is 73.0 Å². The Balaban J connectivity index is 1.61. The number of carbonyl (C=O) groups excluding carboxylic acids is 3. The monoisotopic (exact) mass is 544 g/mol. The zero-order chi connectivity index (χ0) is 28.2. The quantitative estimate of drug-likeness (QED) is 0.370. The smallest absolute Gasteiger partial charge is 0.251 e. The molecule has 0 fully saturated rings. The molecule has 0 aliphatic carbocycles. The second-order valence-corrected chi connectivity index (χ2v) is 11.3. The lowest BCUT2D eigenvalue weighted by Gasteiger charge is -2.27. The molecule has 1 heterocycles. The Morgan fingerprint density at radius 1 is 1.05 bits per heavy atom. The molecule has 3 amide bonds. The zero-order valence-corrected chi connectivity index (χ0v) is 23.7. The van der Waals surface area contributed by atoms with Gasteiger partial charge in [0.2, 0.25) is 11.8 Å². The molecule has 3 aromatic carbocycles. The first-order chi connectivity index (χ1) is 18.6. The Kier molecular flexibility index (Phi) is 8.77. The second kappa shape index (κ2) is 12.1. The fraction of sp³-hybridized carbons (Fsp3) is 0.323. The van der Waals surface area contributed by atoms with Crippen LogP contribution < -0.4 is 16.4 Å². The van der Waals surface area contributed by atoms with E-state index >= 15 is 0 Å². The van der Waals surface area contributed by atoms with Crippen molar-refractivity contribution in [1.82, 2.24) is 15.5 Å². The summed E-state index contributed by atoms with van der Waals surface area (Å²) < 4.78 is 0. The molecule has 1 aliphatic rings. The largest absolute Gasteiger partial charge is 0.352 e. The fourth-order valence-electron chi connectivity index (χ4n) is 4.67. The molecule has 4 rings (SSSR count). The Labute approximate surface area is 234 Å². The standard InChI is InChI=1S/C31H36N4O3S/c1-5-33-28(36)26-9-7-6-8-25(26)21-12-10-20(11-13-21)18-35-19-22-14-15-24(39-4)16-23(22)17-27(29(35)37)34-30(38)31(2,3)32/h6-16,27H,5,17-19,32H2,1-4H3,(H,33,36)(H,34,38). The van der Waals surface area contributed by atoms with Gasteiger partial charge in [-0.3, -0.25) is 14.4 Å². The van der Waals surface area contributed by atoms with Crippen molar-refractivity contribution in [2.45, 2.75) is 56.8 Å². The van der Waals surface area contributed by atoms with E-state index in [9.17, 15) is 14.4 Å². The molecular formula is C31H36N4O3S. The minimum atomic E-state index is -1.10. The number of benzene rings is 3. The van der Waals surface area contributed by atoms with E-state index in [1.54, 1.807) is 30.5 Å². The summed E-state index contributed by atoms with van der Waals surface area (Å²) in [5.41, 5.74) is 10.4. The number of amides is 3. The maximum absolute atomic E-state index is 13.7. The number of fused-ring (bicyclic) bond motifs is 1. The highest BCUT2D eigenvalue weighted by Crippen LogP contribution is 2.28. The molecule has 3 aromatic rings. The van der Waals surface area contributed by atoms with Crippen LogP contribution in [0.5, 0.6) is 0 Å². The van der Waals surface area contributed by atoms with Gasteiger partial charge in [0.1, 0.15) is 6.04 Å². The first-order valence-corrected chi connectivity index (χ1v) is 14.3. The summed E-state index contributed by atoms with van der Waals surface area (Å²) >= 11 is 1.65. The van der Waals surface area contributed by atoms with E-state index in [2.05, 4.69) is 28.8 Å². The summed E-state index contributed by atoms with van der Waals surface area (Å²) in [5.74, 6) is -0.607. The average molecular weight is 545 g/mol. The lowest BCUT2D eigenvalue weighted by atomic mass is 9.98. The minimum absolute atomic E-state index is 0.107. The first-order valence-electron chi connectivity index (χ1n) is 13.1. The number of nitrogens with one attached hydrogen (secondary N) is 2. The van der Waals surface area contributed by atoms with E-state index in [1.807, 2.05) is 61.7 Å². The fourth-order valence-corrected chi connectivity index (χ4v) is 5.14. The van der Waals surface area contributed by atoms with E-state index in [0.717, 1.165) is 32.7 Å². The molecule has 39 heavy (non-hydrogen) atoms. The summed E-state index contributed by atoms with van der Waals surface area (Å²) in [5, 5.41) is 5.77. The molecule has 0 aromatic heterocycles. The molecule has 0 bridgehead atoms. The topological polar surface area (TPSA) is 105 Å². The SMILES string of the molecule is CCNC(=O)c1ccccc1-c1ccc(CN2Cc3ccc(SC)cc3CC(NC(=O)C(C)(C)N)C2=O)cc1. The molecule has 1 aliphatic heterocycles. The van der Waals surface area contributed by atoms with Crippen molar-refractivity contribution in [3.05, 3.63) is 89.0 Å². The number of nitrogens with two attached hydrogens (primary N) is 1. The van der Waals surface area contributed by atoms with Crippen molar-refractivity contribution >= 4 is 29.5 Å². The predicted molar refractivity (Wildman–Crippen MR) is 156 cm³/mol. The summed E-state index contributed by atoms with van der Waals surface area (Å²) in [4.78, 5) is 41.9. The normalized spacial score (nSPS) is 15.4. The highest BCUT2D eigenvalue weighted by molar-refractivity contribution is 7.98. The molecule has 8 heteroatoms. The van der Waals surface area contributed by atoms with Crippen LogP contribution in [-0.2, 0) is 29.1 Å². The van der Waals surface area contributed by atoms with Crippen LogP contribution >= 0.6 is 11.8 Å². The van der Waals surface area contributed by atoms with E-state index in [-0.39, 0.29) is 17.7 Å². The summed E-state index contributed by atoms with van der Waals surface area (Å²) in [6, 6.07) is 21.0. The Morgan fingerprint density at radius 3 is 2.44 bits per heavy atom. The van der Waals surface area contributed by atoms with Crippen LogP contribution in [0.15, 0.2) is 71.6 Å². The number of hydrogen-bond acceptors (Lipinski definition) is 5. The van der Waals surface area contributed by atoms with Crippen molar-refractivity contribution in [3.63, 3.8) is 0 Å². The average Bonchev–Trinajstić information content (AvgIpc) is 3.04. The molecule has 7 nitrogen and oxygen atoms in total. The third kappa shape index (κ3) is 6.69. The van der Waals surface area contributed by atoms with Crippen LogP contribution in [-0.4, -0.2) is 47.0 Å². The number of carbonyl (C=O) groups is 3. The minimum Gasteiger partial charge on any atom is -0.352 e. The third-order valence-corrected chi connectivity index (χ3v) is 7.57. The van der Waals surface area contributed by atoms with Crippen LogP contribution in [0, 0.1) is 0 Å². The van der Waals surface area contributed by atoms with Gasteiger partial charge in [-0.25, -0.2) is 0 Å². The molecule has 0 radical (unpaired) electrons. The highest BCUT2D eigenvalue weighted by Gasteiger charge is 2.33. The van der Waals surface area contributed by atoms with Crippen LogP contribution in [0.1, 0.15) is 47.8 Å². The maximum atomic E-state index is 13.7. The van der Waals surface area contributed by atoms with Gasteiger partial charge in [0.05, 0.1) is 5.54 Å². The van der Waals surface area contributed by atoms with Gasteiger partial charge in [-0.2, -0.15) is 0 Å². The Bertz CT molecular complexity index is 1360. The maximum Gasteiger partial charge on any atom is 0.251 e. The number of hydrogen-bond donors (Lipinski definition) is 3. The van der Waals surface area contributed by atoms with E-state index < -0.39 is 11.6 Å². The molecule has 1 atom stereocenters. The molecule has 0 spiro atoms. The van der Waals surface area contributed by atoms with Crippen molar-refractivity contribution in [3.8, 4) is 11.1 Å². The summed E-state index contributed by atoms with van der Waals surface area (Å²) in [7, 11) is 0. The molecule has 0 saturated carbocycles. The van der Waals surface area contributed by atoms with Crippen molar-refractivity contribution in [2.24, 2.45) is 5.73 Å². The third-order valence-electron chi connectivity index (χ3n) is 6.85. The Morgan fingerprint density at radius 2 is 1.77 bits per heavy atom. The van der Waals surface area contributed by atoms with E-state index in [0.29, 0.717) is 31.6 Å². The van der Waals surface area contributed by atoms with E-state index in [1.165, 1.54) is 0 Å². The molecule has 4 N–H and O–H groups in total. The van der Waals surface area contributed by atoms with Crippen LogP contribution in [0.4, 0.5) is 0 Å². The van der Waals surface area contributed by atoms with E-state index in [4.69, 9.17) is 5.73 Å². The number of rotatable bonds is 8. The van der Waals surface area contributed by atoms with Crippen molar-refractivity contribution in [1.29, 1.82) is 0 Å². The van der Waals surface area contributed by atoms with Gasteiger partial charge in [-0.15, -0.1) is 11.8 Å². The second-order valence-electron chi connectivity index (χ2n) is 10.4. The van der Waals surface area contributed by atoms with Gasteiger partial charge in [-0.1, -0.05) is 48.5 Å². The van der Waals surface area contributed by atoms with Crippen LogP contribution in [0.2, 0.25) is 0 Å². The van der Waals surface area contributed by atoms with Crippen LogP contribution in [0.3, 0.4) is 0 Å². The Hall–Kier alpha value is -3.62. The van der Waals surface area contributed by atoms with Gasteiger partial charge >= 0.3 is 0 Å². The highest BCUT2D eigenvalue weighted by atomic mass is 32.2. The van der Waals surface area contributed by atoms with Crippen molar-refractivity contribution < 1.29 is 14.4 Å². The number of nitrogens with zero attached hydrogens (tertiary/aromatic N) is 1. The molecule has 204 valence electrons. The van der Waals surface area contributed by atoms with Gasteiger partial charge in [0.15, 0.2) is 0 Å². The lowest BCUT2D eigenvalue weighted by Crippen LogP contribution is -2.56. The zero-order valence-electron chi connectivity index (χ0n) is 22.9. The summed E-state index contributed by atoms with van der Waals surface area (Å²) in [6.07, 6.45) is 2.43. The predicted octanol–water partition coefficient (Wildman–Crippen LogP) is 4.13. The van der Waals surface area contributed by atoms with Crippen LogP contribution in [0.25, 0.3) is 11.1 Å². The summed E-state index contributed by atoms with van der Waals surface area (Å²) in [6.45, 7) is 6.55. The van der Waals surface area contributed by atoms with Gasteiger partial charge in [0, 0.05) is 36.5 Å². The molecule has 0 saturated heterocycles. The lowest BCUT2D eigenvalue weighted by molar-refractivity contribution is -0.138. The van der Waals surface area contributed by atoms with Gasteiger partial charge < -0.3 is 21.3 Å².